The van der Waals surface area contributed by atoms with Crippen molar-refractivity contribution in [2.75, 3.05) is 13.2 Å². The number of carbonyl (C=O) groups is 3. The van der Waals surface area contributed by atoms with Gasteiger partial charge in [0.05, 0.1) is 0 Å². The van der Waals surface area contributed by atoms with E-state index in [1.807, 2.05) is 31.2 Å². The van der Waals surface area contributed by atoms with Crippen molar-refractivity contribution in [2.45, 2.75) is 51.0 Å². The van der Waals surface area contributed by atoms with E-state index in [1.54, 1.807) is 0 Å². The molecule has 0 heterocycles. The summed E-state index contributed by atoms with van der Waals surface area (Å²) in [6.07, 6.45) is 1.70. The maximum atomic E-state index is 12.3. The predicted molar refractivity (Wildman–Crippen MR) is 129 cm³/mol. The minimum atomic E-state index is -1.06. The Morgan fingerprint density at radius 1 is 1.00 bits per heavy atom. The lowest BCUT2D eigenvalue weighted by Gasteiger charge is -2.16. The third kappa shape index (κ3) is 6.39. The van der Waals surface area contributed by atoms with Gasteiger partial charge in [0, 0.05) is 18.9 Å². The number of alkyl carbamates (subject to hydrolysis) is 1. The van der Waals surface area contributed by atoms with Crippen LogP contribution in [0, 0.1) is 11.8 Å². The molecule has 8 heteroatoms. The normalized spacial score (nSPS) is 16.0. The zero-order valence-corrected chi connectivity index (χ0v) is 19.9. The first-order valence-corrected chi connectivity index (χ1v) is 12.2. The van der Waals surface area contributed by atoms with Gasteiger partial charge in [0.1, 0.15) is 6.61 Å². The summed E-state index contributed by atoms with van der Waals surface area (Å²) in [5, 5.41) is 11.9. The van der Waals surface area contributed by atoms with Crippen LogP contribution in [0.2, 0.25) is 0 Å². The molecule has 0 aliphatic heterocycles. The third-order valence-corrected chi connectivity index (χ3v) is 6.71. The van der Waals surface area contributed by atoms with Gasteiger partial charge in [-0.05, 0) is 59.8 Å². The van der Waals surface area contributed by atoms with E-state index in [0.29, 0.717) is 19.4 Å². The van der Waals surface area contributed by atoms with Crippen LogP contribution in [0.15, 0.2) is 48.5 Å². The summed E-state index contributed by atoms with van der Waals surface area (Å²) in [5.74, 6) is -1.20. The molecule has 2 atom stereocenters. The molecule has 186 valence electrons. The maximum Gasteiger partial charge on any atom is 0.407 e. The average Bonchev–Trinajstić information content (AvgIpc) is 3.63. The molecule has 2 aromatic carbocycles. The molecule has 0 saturated heterocycles. The zero-order chi connectivity index (χ0) is 24.8. The fraction of sp³-hybridized carbons (Fsp3) is 0.444. The maximum absolute atomic E-state index is 12.3. The van der Waals surface area contributed by atoms with E-state index in [2.05, 4.69) is 35.1 Å². The minimum absolute atomic E-state index is 0.0179. The second-order valence-electron chi connectivity index (χ2n) is 9.42. The summed E-state index contributed by atoms with van der Waals surface area (Å²) in [4.78, 5) is 40.5. The predicted octanol–water partition coefficient (Wildman–Crippen LogP) is 4.24. The molecule has 2 amide bonds. The van der Waals surface area contributed by atoms with Crippen molar-refractivity contribution in [3.05, 3.63) is 59.7 Å². The molecule has 2 aromatic rings. The van der Waals surface area contributed by atoms with Crippen molar-refractivity contribution in [3.8, 4) is 11.1 Å². The molecular formula is C27H32N2O6. The summed E-state index contributed by atoms with van der Waals surface area (Å²) < 4.78 is 5.54. The standard InChI is InChI=1S/C27H32N2O6/c1-17(10-13-24(30)29-35-25(26(31)32)18-11-12-18)14-15-28-27(33)34-16-23-21-8-4-2-6-19(21)20-7-3-5-9-22(20)23/h2-9,17-18,23,25H,10-16H2,1H3,(H,28,33)(H,29,30)(H,31,32). The molecule has 2 unspecified atom stereocenters. The molecule has 8 nitrogen and oxygen atoms in total. The largest absolute Gasteiger partial charge is 0.479 e. The molecule has 0 radical (unpaired) electrons. The van der Waals surface area contributed by atoms with Crippen LogP contribution in [0.4, 0.5) is 4.79 Å². The second-order valence-corrected chi connectivity index (χ2v) is 9.42. The van der Waals surface area contributed by atoms with Crippen molar-refractivity contribution >= 4 is 18.0 Å². The van der Waals surface area contributed by atoms with Crippen LogP contribution >= 0.6 is 0 Å². The smallest absolute Gasteiger partial charge is 0.407 e. The Balaban J connectivity index is 1.13. The van der Waals surface area contributed by atoms with Gasteiger partial charge in [-0.1, -0.05) is 55.5 Å². The number of hydrogen-bond donors (Lipinski definition) is 3. The Hall–Kier alpha value is -3.39. The van der Waals surface area contributed by atoms with Crippen LogP contribution in [0.3, 0.4) is 0 Å². The Labute approximate surface area is 205 Å². The van der Waals surface area contributed by atoms with Gasteiger partial charge in [-0.25, -0.2) is 15.1 Å². The van der Waals surface area contributed by atoms with Crippen LogP contribution < -0.4 is 10.8 Å². The summed E-state index contributed by atoms with van der Waals surface area (Å²) in [7, 11) is 0. The molecule has 3 N–H and O–H groups in total. The van der Waals surface area contributed by atoms with Crippen molar-refractivity contribution < 1.29 is 29.1 Å². The first-order chi connectivity index (χ1) is 16.9. The van der Waals surface area contributed by atoms with Gasteiger partial charge >= 0.3 is 12.1 Å². The highest BCUT2D eigenvalue weighted by Gasteiger charge is 2.38. The van der Waals surface area contributed by atoms with Gasteiger partial charge in [0.15, 0.2) is 6.10 Å². The minimum Gasteiger partial charge on any atom is -0.479 e. The van der Waals surface area contributed by atoms with Crippen LogP contribution in [0.5, 0.6) is 0 Å². The molecular weight excluding hydrogens is 448 g/mol. The summed E-state index contributed by atoms with van der Waals surface area (Å²) in [5.41, 5.74) is 6.98. The fourth-order valence-corrected chi connectivity index (χ4v) is 4.52. The van der Waals surface area contributed by atoms with Gasteiger partial charge < -0.3 is 15.2 Å². The zero-order valence-electron chi connectivity index (χ0n) is 19.9. The third-order valence-electron chi connectivity index (χ3n) is 6.71. The van der Waals surface area contributed by atoms with E-state index in [-0.39, 0.29) is 36.7 Å². The van der Waals surface area contributed by atoms with Crippen LogP contribution in [-0.2, 0) is 19.2 Å². The molecule has 0 bridgehead atoms. The van der Waals surface area contributed by atoms with Gasteiger partial charge in [-0.2, -0.15) is 0 Å². The number of amides is 2. The number of ether oxygens (including phenoxy) is 1. The summed E-state index contributed by atoms with van der Waals surface area (Å²) in [6, 6.07) is 16.4. The molecule has 4 rings (SSSR count). The summed E-state index contributed by atoms with van der Waals surface area (Å²) in [6.45, 7) is 2.71. The van der Waals surface area contributed by atoms with Gasteiger partial charge in [0.25, 0.3) is 0 Å². The lowest BCUT2D eigenvalue weighted by molar-refractivity contribution is -0.162. The van der Waals surface area contributed by atoms with Gasteiger partial charge in [-0.15, -0.1) is 0 Å². The number of aliphatic carboxylic acids is 1. The monoisotopic (exact) mass is 480 g/mol. The number of hydrogen-bond acceptors (Lipinski definition) is 5. The SMILES string of the molecule is CC(CCNC(=O)OCC1c2ccccc2-c2ccccc21)CCC(=O)NOC(C(=O)O)C1CC1. The second kappa shape index (κ2) is 11.4. The fourth-order valence-electron chi connectivity index (χ4n) is 4.52. The number of carboxylic acids is 1. The van der Waals surface area contributed by atoms with E-state index in [1.165, 1.54) is 22.3 Å². The highest BCUT2D eigenvalue weighted by Crippen LogP contribution is 2.44. The van der Waals surface area contributed by atoms with E-state index in [9.17, 15) is 14.4 Å². The highest BCUT2D eigenvalue weighted by atomic mass is 16.7. The molecule has 0 aromatic heterocycles. The molecule has 35 heavy (non-hydrogen) atoms. The van der Waals surface area contributed by atoms with Gasteiger partial charge in [0.2, 0.25) is 5.91 Å². The Morgan fingerprint density at radius 2 is 1.63 bits per heavy atom. The average molecular weight is 481 g/mol. The van der Waals surface area contributed by atoms with E-state index in [4.69, 9.17) is 14.7 Å². The highest BCUT2D eigenvalue weighted by molar-refractivity contribution is 5.79. The van der Waals surface area contributed by atoms with Gasteiger partial charge in [-0.3, -0.25) is 9.63 Å². The Bertz CT molecular complexity index is 1020. The number of fused-ring (bicyclic) bond motifs is 3. The van der Waals surface area contributed by atoms with E-state index >= 15 is 0 Å². The first kappa shape index (κ1) is 24.7. The van der Waals surface area contributed by atoms with E-state index < -0.39 is 18.2 Å². The number of carbonyl (C=O) groups excluding carboxylic acids is 2. The van der Waals surface area contributed by atoms with Crippen molar-refractivity contribution in [3.63, 3.8) is 0 Å². The Kier molecular flexibility index (Phi) is 8.02. The van der Waals surface area contributed by atoms with Crippen LogP contribution in [-0.4, -0.2) is 42.3 Å². The quantitative estimate of drug-likeness (QED) is 0.392. The van der Waals surface area contributed by atoms with Crippen LogP contribution in [0.1, 0.15) is 56.1 Å². The molecule has 1 saturated carbocycles. The first-order valence-electron chi connectivity index (χ1n) is 12.2. The van der Waals surface area contributed by atoms with Crippen molar-refractivity contribution in [1.29, 1.82) is 0 Å². The Morgan fingerprint density at radius 3 is 2.23 bits per heavy atom. The number of nitrogens with one attached hydrogen (secondary N) is 2. The van der Waals surface area contributed by atoms with Crippen molar-refractivity contribution in [2.24, 2.45) is 11.8 Å². The number of hydroxylamine groups is 1. The van der Waals surface area contributed by atoms with E-state index in [0.717, 1.165) is 12.8 Å². The molecule has 2 aliphatic rings. The lowest BCUT2D eigenvalue weighted by Crippen LogP contribution is -2.35. The van der Waals surface area contributed by atoms with Crippen LogP contribution in [0.25, 0.3) is 11.1 Å². The number of rotatable bonds is 12. The number of benzene rings is 2. The summed E-state index contributed by atoms with van der Waals surface area (Å²) >= 11 is 0. The molecule has 2 aliphatic carbocycles. The molecule has 0 spiro atoms. The lowest BCUT2D eigenvalue weighted by atomic mass is 9.98. The van der Waals surface area contributed by atoms with Crippen molar-refractivity contribution in [1.82, 2.24) is 10.8 Å². The topological polar surface area (TPSA) is 114 Å². The molecule has 1 fully saturated rings. The number of carboxylic acid groups (broad SMARTS) is 1.